The number of hydrogen-bond donors (Lipinski definition) is 0. The van der Waals surface area contributed by atoms with Gasteiger partial charge in [-0.25, -0.2) is 0 Å². The van der Waals surface area contributed by atoms with Crippen LogP contribution in [0.5, 0.6) is 0 Å². The topological polar surface area (TPSA) is 20.3 Å². The largest absolute Gasteiger partial charge is 0.370 e. The Kier molecular flexibility index (Phi) is 3.43. The van der Waals surface area contributed by atoms with Crippen LogP contribution in [0.4, 0.5) is 5.69 Å². The Hall–Kier alpha value is -1.02. The van der Waals surface area contributed by atoms with Crippen LogP contribution < -0.4 is 4.90 Å². The van der Waals surface area contributed by atoms with E-state index in [2.05, 4.69) is 18.7 Å². The van der Waals surface area contributed by atoms with Gasteiger partial charge in [0.05, 0.1) is 10.7 Å². The van der Waals surface area contributed by atoms with Crippen molar-refractivity contribution in [3.8, 4) is 0 Å². The standard InChI is InChI=1S/C14H18ClNO/c1-9-7-16(8-10(9)2)14-5-4-12(11(3)17)6-13(14)15/h4-6,9-10H,7-8H2,1-3H3. The molecule has 0 amide bonds. The summed E-state index contributed by atoms with van der Waals surface area (Å²) in [5, 5.41) is 0.680. The summed E-state index contributed by atoms with van der Waals surface area (Å²) in [5.74, 6) is 1.44. The molecule has 0 spiro atoms. The van der Waals surface area contributed by atoms with Crippen LogP contribution in [0.2, 0.25) is 5.02 Å². The van der Waals surface area contributed by atoms with Gasteiger partial charge in [0, 0.05) is 18.7 Å². The summed E-state index contributed by atoms with van der Waals surface area (Å²) < 4.78 is 0. The number of hydrogen-bond acceptors (Lipinski definition) is 2. The minimum atomic E-state index is 0.0570. The van der Waals surface area contributed by atoms with Gasteiger partial charge in [-0.15, -0.1) is 0 Å². The second-order valence-electron chi connectivity index (χ2n) is 5.08. The molecule has 1 fully saturated rings. The number of carbonyl (C=O) groups is 1. The number of benzene rings is 1. The molecule has 17 heavy (non-hydrogen) atoms. The molecule has 1 aliphatic heterocycles. The van der Waals surface area contributed by atoms with Gasteiger partial charge in [0.1, 0.15) is 0 Å². The summed E-state index contributed by atoms with van der Waals surface area (Å²) in [4.78, 5) is 13.6. The molecule has 0 radical (unpaired) electrons. The summed E-state index contributed by atoms with van der Waals surface area (Å²) in [6.45, 7) is 8.18. The van der Waals surface area contributed by atoms with Gasteiger partial charge in [0.25, 0.3) is 0 Å². The van der Waals surface area contributed by atoms with Crippen molar-refractivity contribution >= 4 is 23.1 Å². The van der Waals surface area contributed by atoms with E-state index in [9.17, 15) is 4.79 Å². The Morgan fingerprint density at radius 1 is 1.29 bits per heavy atom. The maximum absolute atomic E-state index is 11.3. The van der Waals surface area contributed by atoms with E-state index in [1.54, 1.807) is 13.0 Å². The third-order valence-electron chi connectivity index (χ3n) is 3.68. The highest BCUT2D eigenvalue weighted by molar-refractivity contribution is 6.33. The van der Waals surface area contributed by atoms with Crippen molar-refractivity contribution in [2.24, 2.45) is 11.8 Å². The van der Waals surface area contributed by atoms with E-state index in [1.807, 2.05) is 12.1 Å². The zero-order chi connectivity index (χ0) is 12.6. The smallest absolute Gasteiger partial charge is 0.159 e. The second-order valence-corrected chi connectivity index (χ2v) is 5.49. The average Bonchev–Trinajstić information content (AvgIpc) is 2.58. The normalized spacial score (nSPS) is 24.1. The summed E-state index contributed by atoms with van der Waals surface area (Å²) in [6, 6.07) is 5.59. The van der Waals surface area contributed by atoms with E-state index in [0.29, 0.717) is 22.4 Å². The van der Waals surface area contributed by atoms with E-state index >= 15 is 0 Å². The summed E-state index contributed by atoms with van der Waals surface area (Å²) in [7, 11) is 0. The molecule has 3 heteroatoms. The molecular weight excluding hydrogens is 234 g/mol. The number of Topliss-reactive ketones (excluding diaryl/α,β-unsaturated/α-hetero) is 1. The molecule has 2 unspecified atom stereocenters. The first-order valence-corrected chi connectivity index (χ1v) is 6.42. The Morgan fingerprint density at radius 3 is 2.35 bits per heavy atom. The molecule has 2 nitrogen and oxygen atoms in total. The highest BCUT2D eigenvalue weighted by atomic mass is 35.5. The van der Waals surface area contributed by atoms with Crippen LogP contribution in [-0.2, 0) is 0 Å². The Bertz CT molecular complexity index is 434. The third-order valence-corrected chi connectivity index (χ3v) is 3.99. The maximum atomic E-state index is 11.3. The number of rotatable bonds is 2. The van der Waals surface area contributed by atoms with Crippen molar-refractivity contribution in [3.05, 3.63) is 28.8 Å². The molecule has 92 valence electrons. The summed E-state index contributed by atoms with van der Waals surface area (Å²) in [6.07, 6.45) is 0. The zero-order valence-corrected chi connectivity index (χ0v) is 11.3. The molecule has 0 saturated carbocycles. The van der Waals surface area contributed by atoms with Crippen LogP contribution >= 0.6 is 11.6 Å². The van der Waals surface area contributed by atoms with Crippen LogP contribution in [0.15, 0.2) is 18.2 Å². The number of nitrogens with zero attached hydrogens (tertiary/aromatic N) is 1. The lowest BCUT2D eigenvalue weighted by Gasteiger charge is -2.20. The van der Waals surface area contributed by atoms with Crippen LogP contribution in [-0.4, -0.2) is 18.9 Å². The molecule has 0 aliphatic carbocycles. The van der Waals surface area contributed by atoms with Gasteiger partial charge in [0.2, 0.25) is 0 Å². The van der Waals surface area contributed by atoms with Crippen molar-refractivity contribution in [1.29, 1.82) is 0 Å². The molecule has 1 saturated heterocycles. The van der Waals surface area contributed by atoms with Gasteiger partial charge in [-0.05, 0) is 37.0 Å². The number of anilines is 1. The Balaban J connectivity index is 2.26. The SMILES string of the molecule is CC(=O)c1ccc(N2CC(C)C(C)C2)c(Cl)c1. The fraction of sp³-hybridized carbons (Fsp3) is 0.500. The molecule has 0 bridgehead atoms. The monoisotopic (exact) mass is 251 g/mol. The molecule has 2 rings (SSSR count). The molecule has 1 aromatic rings. The minimum Gasteiger partial charge on any atom is -0.370 e. The Labute approximate surface area is 108 Å². The lowest BCUT2D eigenvalue weighted by molar-refractivity contribution is 0.101. The number of halogens is 1. The van der Waals surface area contributed by atoms with Crippen LogP contribution in [0.25, 0.3) is 0 Å². The zero-order valence-electron chi connectivity index (χ0n) is 10.5. The third kappa shape index (κ3) is 2.47. The van der Waals surface area contributed by atoms with E-state index in [1.165, 1.54) is 0 Å². The fourth-order valence-corrected chi connectivity index (χ4v) is 2.61. The molecule has 1 heterocycles. The maximum Gasteiger partial charge on any atom is 0.159 e. The minimum absolute atomic E-state index is 0.0570. The lowest BCUT2D eigenvalue weighted by Crippen LogP contribution is -2.20. The van der Waals surface area contributed by atoms with Crippen molar-refractivity contribution < 1.29 is 4.79 Å². The lowest BCUT2D eigenvalue weighted by atomic mass is 10.0. The first-order chi connectivity index (χ1) is 7.99. The van der Waals surface area contributed by atoms with Gasteiger partial charge >= 0.3 is 0 Å². The molecule has 2 atom stereocenters. The molecule has 0 aromatic heterocycles. The van der Waals surface area contributed by atoms with Gasteiger partial charge in [0.15, 0.2) is 5.78 Å². The van der Waals surface area contributed by atoms with E-state index < -0.39 is 0 Å². The van der Waals surface area contributed by atoms with Gasteiger partial charge < -0.3 is 4.90 Å². The summed E-state index contributed by atoms with van der Waals surface area (Å²) in [5.41, 5.74) is 1.73. The Morgan fingerprint density at radius 2 is 1.88 bits per heavy atom. The molecule has 0 N–H and O–H groups in total. The number of ketones is 1. The summed E-state index contributed by atoms with van der Waals surface area (Å²) >= 11 is 6.26. The van der Waals surface area contributed by atoms with Gasteiger partial charge in [-0.2, -0.15) is 0 Å². The quantitative estimate of drug-likeness (QED) is 0.748. The fourth-order valence-electron chi connectivity index (χ4n) is 2.31. The number of carbonyl (C=O) groups excluding carboxylic acids is 1. The van der Waals surface area contributed by atoms with Crippen LogP contribution in [0.3, 0.4) is 0 Å². The second kappa shape index (κ2) is 4.69. The van der Waals surface area contributed by atoms with Crippen molar-refractivity contribution in [3.63, 3.8) is 0 Å². The van der Waals surface area contributed by atoms with Crippen LogP contribution in [0.1, 0.15) is 31.1 Å². The van der Waals surface area contributed by atoms with Gasteiger partial charge in [-0.3, -0.25) is 4.79 Å². The molecular formula is C14H18ClNO. The van der Waals surface area contributed by atoms with Crippen molar-refractivity contribution in [2.45, 2.75) is 20.8 Å². The first-order valence-electron chi connectivity index (χ1n) is 6.04. The highest BCUT2D eigenvalue weighted by Gasteiger charge is 2.27. The van der Waals surface area contributed by atoms with Crippen molar-refractivity contribution in [2.75, 3.05) is 18.0 Å². The van der Waals surface area contributed by atoms with Crippen LogP contribution in [0, 0.1) is 11.8 Å². The van der Waals surface area contributed by atoms with Gasteiger partial charge in [-0.1, -0.05) is 25.4 Å². The van der Waals surface area contributed by atoms with E-state index in [0.717, 1.165) is 18.8 Å². The molecule has 1 aliphatic rings. The highest BCUT2D eigenvalue weighted by Crippen LogP contribution is 2.33. The predicted octanol–water partition coefficient (Wildman–Crippen LogP) is 3.63. The molecule has 1 aromatic carbocycles. The van der Waals surface area contributed by atoms with E-state index in [4.69, 9.17) is 11.6 Å². The predicted molar refractivity (Wildman–Crippen MR) is 72.0 cm³/mol. The average molecular weight is 252 g/mol. The first kappa shape index (κ1) is 12.4. The van der Waals surface area contributed by atoms with E-state index in [-0.39, 0.29) is 5.78 Å². The van der Waals surface area contributed by atoms with Crippen molar-refractivity contribution in [1.82, 2.24) is 0 Å².